The van der Waals surface area contributed by atoms with Crippen LogP contribution < -0.4 is 4.74 Å². The third-order valence-electron chi connectivity index (χ3n) is 1.80. The summed E-state index contributed by atoms with van der Waals surface area (Å²) in [6, 6.07) is 2.87. The van der Waals surface area contributed by atoms with E-state index in [1.165, 1.54) is 25.4 Å². The van der Waals surface area contributed by atoms with Crippen molar-refractivity contribution in [3.05, 3.63) is 24.0 Å². The van der Waals surface area contributed by atoms with Gasteiger partial charge in [0.25, 0.3) is 0 Å². The number of hydrogen-bond donors (Lipinski definition) is 1. The van der Waals surface area contributed by atoms with E-state index in [0.29, 0.717) is 5.75 Å². The van der Waals surface area contributed by atoms with Gasteiger partial charge in [0.2, 0.25) is 0 Å². The molecule has 0 fully saturated rings. The summed E-state index contributed by atoms with van der Waals surface area (Å²) < 4.78 is 40.8. The van der Waals surface area contributed by atoms with Gasteiger partial charge in [0.05, 0.1) is 7.11 Å². The summed E-state index contributed by atoms with van der Waals surface area (Å²) in [5.74, 6) is 0.411. The van der Waals surface area contributed by atoms with Crippen LogP contribution in [-0.4, -0.2) is 29.5 Å². The van der Waals surface area contributed by atoms with Crippen LogP contribution in [0.4, 0.5) is 13.2 Å². The van der Waals surface area contributed by atoms with E-state index in [1.807, 2.05) is 0 Å². The topological polar surface area (TPSA) is 42.4 Å². The molecule has 1 atom stereocenters. The number of hydrogen-bond acceptors (Lipinski definition) is 3. The Morgan fingerprint density at radius 1 is 1.53 bits per heavy atom. The molecule has 1 aromatic rings. The first-order valence-electron chi connectivity index (χ1n) is 4.17. The minimum Gasteiger partial charge on any atom is -0.497 e. The van der Waals surface area contributed by atoms with Crippen LogP contribution in [0.15, 0.2) is 18.3 Å². The Bertz CT molecular complexity index is 327. The van der Waals surface area contributed by atoms with Crippen molar-refractivity contribution in [3.63, 3.8) is 0 Å². The lowest BCUT2D eigenvalue weighted by molar-refractivity contribution is -0.203. The summed E-state index contributed by atoms with van der Waals surface area (Å²) in [5.41, 5.74) is 0.138. The Labute approximate surface area is 84.5 Å². The first-order chi connectivity index (χ1) is 6.93. The van der Waals surface area contributed by atoms with Gasteiger partial charge in [0.15, 0.2) is 6.10 Å². The molecule has 0 saturated carbocycles. The van der Waals surface area contributed by atoms with Crippen molar-refractivity contribution in [2.45, 2.75) is 18.7 Å². The molecule has 0 saturated heterocycles. The first-order valence-corrected chi connectivity index (χ1v) is 4.17. The molecule has 0 spiro atoms. The van der Waals surface area contributed by atoms with Crippen molar-refractivity contribution in [2.75, 3.05) is 7.11 Å². The van der Waals surface area contributed by atoms with E-state index in [0.717, 1.165) is 0 Å². The van der Waals surface area contributed by atoms with Crippen molar-refractivity contribution in [1.29, 1.82) is 0 Å². The molecule has 1 rings (SSSR count). The van der Waals surface area contributed by atoms with Gasteiger partial charge in [-0.3, -0.25) is 4.98 Å². The molecule has 1 heterocycles. The van der Waals surface area contributed by atoms with Crippen LogP contribution >= 0.6 is 0 Å². The van der Waals surface area contributed by atoms with E-state index in [1.54, 1.807) is 0 Å². The summed E-state index contributed by atoms with van der Waals surface area (Å²) in [5, 5.41) is 8.80. The van der Waals surface area contributed by atoms with Crippen molar-refractivity contribution < 1.29 is 23.0 Å². The van der Waals surface area contributed by atoms with Gasteiger partial charge < -0.3 is 9.84 Å². The largest absolute Gasteiger partial charge is 0.497 e. The lowest BCUT2D eigenvalue weighted by Gasteiger charge is -2.13. The Hall–Kier alpha value is -1.30. The van der Waals surface area contributed by atoms with Gasteiger partial charge in [-0.1, -0.05) is 0 Å². The molecular formula is C9H10F3NO2. The van der Waals surface area contributed by atoms with Crippen molar-refractivity contribution in [2.24, 2.45) is 0 Å². The number of aliphatic hydroxyl groups is 1. The van der Waals surface area contributed by atoms with E-state index in [4.69, 9.17) is 9.84 Å². The molecular weight excluding hydrogens is 211 g/mol. The Kier molecular flexibility index (Phi) is 3.52. The molecule has 1 N–H and O–H groups in total. The fourth-order valence-corrected chi connectivity index (χ4v) is 1.01. The fourth-order valence-electron chi connectivity index (χ4n) is 1.01. The lowest BCUT2D eigenvalue weighted by atomic mass is 10.2. The maximum Gasteiger partial charge on any atom is 0.414 e. The molecule has 3 nitrogen and oxygen atoms in total. The third kappa shape index (κ3) is 3.39. The molecule has 0 aliphatic rings. The van der Waals surface area contributed by atoms with E-state index in [-0.39, 0.29) is 5.69 Å². The summed E-state index contributed by atoms with van der Waals surface area (Å²) in [6.45, 7) is 0. The predicted octanol–water partition coefficient (Wildman–Crippen LogP) is 1.56. The van der Waals surface area contributed by atoms with Crippen molar-refractivity contribution in [1.82, 2.24) is 4.98 Å². The zero-order chi connectivity index (χ0) is 11.5. The second kappa shape index (κ2) is 4.48. The van der Waals surface area contributed by atoms with Gasteiger partial charge in [0, 0.05) is 24.4 Å². The van der Waals surface area contributed by atoms with Crippen LogP contribution in [0.2, 0.25) is 0 Å². The van der Waals surface area contributed by atoms with E-state index < -0.39 is 18.7 Å². The monoisotopic (exact) mass is 221 g/mol. The number of rotatable bonds is 3. The number of methoxy groups -OCH3 is 1. The summed E-state index contributed by atoms with van der Waals surface area (Å²) in [6.07, 6.45) is -6.25. The van der Waals surface area contributed by atoms with E-state index >= 15 is 0 Å². The normalized spacial score (nSPS) is 13.7. The molecule has 1 unspecified atom stereocenters. The zero-order valence-corrected chi connectivity index (χ0v) is 7.95. The SMILES string of the molecule is COc1ccnc(CC(O)C(F)(F)F)c1. The molecule has 0 aliphatic heterocycles. The summed E-state index contributed by atoms with van der Waals surface area (Å²) in [7, 11) is 1.40. The second-order valence-electron chi connectivity index (χ2n) is 2.95. The summed E-state index contributed by atoms with van der Waals surface area (Å²) in [4.78, 5) is 3.70. The number of nitrogens with zero attached hydrogens (tertiary/aromatic N) is 1. The van der Waals surface area contributed by atoms with Crippen LogP contribution in [0.25, 0.3) is 0 Å². The molecule has 0 aliphatic carbocycles. The maximum atomic E-state index is 12.0. The van der Waals surface area contributed by atoms with Gasteiger partial charge in [0.1, 0.15) is 5.75 Å². The number of pyridine rings is 1. The van der Waals surface area contributed by atoms with Crippen LogP contribution in [0.1, 0.15) is 5.69 Å². The van der Waals surface area contributed by atoms with Crippen LogP contribution in [0, 0.1) is 0 Å². The van der Waals surface area contributed by atoms with Crippen molar-refractivity contribution >= 4 is 0 Å². The molecule has 84 valence electrons. The highest BCUT2D eigenvalue weighted by Gasteiger charge is 2.38. The van der Waals surface area contributed by atoms with Gasteiger partial charge in [-0.05, 0) is 6.07 Å². The quantitative estimate of drug-likeness (QED) is 0.842. The second-order valence-corrected chi connectivity index (χ2v) is 2.95. The fraction of sp³-hybridized carbons (Fsp3) is 0.444. The molecule has 0 radical (unpaired) electrons. The molecule has 0 bridgehead atoms. The maximum absolute atomic E-state index is 12.0. The van der Waals surface area contributed by atoms with Gasteiger partial charge in [-0.25, -0.2) is 0 Å². The number of aromatic nitrogens is 1. The molecule has 0 amide bonds. The molecule has 15 heavy (non-hydrogen) atoms. The Morgan fingerprint density at radius 3 is 2.73 bits per heavy atom. The van der Waals surface area contributed by atoms with E-state index in [2.05, 4.69) is 4.98 Å². The van der Waals surface area contributed by atoms with Gasteiger partial charge >= 0.3 is 6.18 Å². The molecule has 0 aromatic carbocycles. The third-order valence-corrected chi connectivity index (χ3v) is 1.80. The zero-order valence-electron chi connectivity index (χ0n) is 7.95. The first kappa shape index (κ1) is 11.8. The minimum atomic E-state index is -4.62. The number of aliphatic hydroxyl groups excluding tert-OH is 1. The number of halogens is 3. The lowest BCUT2D eigenvalue weighted by Crippen LogP contribution is -2.30. The van der Waals surface area contributed by atoms with Gasteiger partial charge in [-0.15, -0.1) is 0 Å². The Balaban J connectivity index is 2.72. The molecule has 1 aromatic heterocycles. The van der Waals surface area contributed by atoms with Crippen LogP contribution in [-0.2, 0) is 6.42 Å². The predicted molar refractivity (Wildman–Crippen MR) is 46.6 cm³/mol. The highest BCUT2D eigenvalue weighted by Crippen LogP contribution is 2.23. The highest BCUT2D eigenvalue weighted by atomic mass is 19.4. The minimum absolute atomic E-state index is 0.138. The van der Waals surface area contributed by atoms with Crippen molar-refractivity contribution in [3.8, 4) is 5.75 Å². The standard InChI is InChI=1S/C9H10F3NO2/c1-15-7-2-3-13-6(4-7)5-8(14)9(10,11)12/h2-4,8,14H,5H2,1H3. The number of alkyl halides is 3. The average Bonchev–Trinajstić information content (AvgIpc) is 2.16. The number of ether oxygens (including phenoxy) is 1. The summed E-state index contributed by atoms with van der Waals surface area (Å²) >= 11 is 0. The smallest absolute Gasteiger partial charge is 0.414 e. The van der Waals surface area contributed by atoms with Gasteiger partial charge in [-0.2, -0.15) is 13.2 Å². The van der Waals surface area contributed by atoms with E-state index in [9.17, 15) is 13.2 Å². The van der Waals surface area contributed by atoms with Crippen LogP contribution in [0.3, 0.4) is 0 Å². The average molecular weight is 221 g/mol. The Morgan fingerprint density at radius 2 is 2.20 bits per heavy atom. The van der Waals surface area contributed by atoms with Crippen LogP contribution in [0.5, 0.6) is 5.75 Å². The molecule has 6 heteroatoms. The highest BCUT2D eigenvalue weighted by molar-refractivity contribution is 5.22.